The first-order chi connectivity index (χ1) is 9.06. The highest BCUT2D eigenvalue weighted by atomic mass is 16.2. The summed E-state index contributed by atoms with van der Waals surface area (Å²) in [6.07, 6.45) is 3.45. The van der Waals surface area contributed by atoms with Gasteiger partial charge in [0.1, 0.15) is 0 Å². The molecule has 2 nitrogen and oxygen atoms in total. The number of hydrogen-bond donors (Lipinski definition) is 0. The lowest BCUT2D eigenvalue weighted by Crippen LogP contribution is -2.37. The number of hydrogen-bond acceptors (Lipinski definition) is 1. The zero-order valence-corrected chi connectivity index (χ0v) is 12.4. The zero-order chi connectivity index (χ0) is 13.8. The van der Waals surface area contributed by atoms with Crippen LogP contribution >= 0.6 is 0 Å². The number of piperidine rings is 1. The lowest BCUT2D eigenvalue weighted by atomic mass is 9.89. The highest BCUT2D eigenvalue weighted by molar-refractivity contribution is 5.73. The summed E-state index contributed by atoms with van der Waals surface area (Å²) >= 11 is 0. The molecular weight excluding hydrogens is 234 g/mol. The van der Waals surface area contributed by atoms with Gasteiger partial charge in [0, 0.05) is 20.0 Å². The van der Waals surface area contributed by atoms with Crippen molar-refractivity contribution in [1.29, 1.82) is 0 Å². The molecule has 1 heterocycles. The predicted molar refractivity (Wildman–Crippen MR) is 79.2 cm³/mol. The molecular formula is C17H25NO. The van der Waals surface area contributed by atoms with Crippen LogP contribution in [-0.4, -0.2) is 23.9 Å². The van der Waals surface area contributed by atoms with Gasteiger partial charge < -0.3 is 4.90 Å². The summed E-state index contributed by atoms with van der Waals surface area (Å²) in [7, 11) is 0. The smallest absolute Gasteiger partial charge is 0.219 e. The van der Waals surface area contributed by atoms with Crippen molar-refractivity contribution in [3.8, 4) is 0 Å². The fourth-order valence-corrected chi connectivity index (χ4v) is 2.82. The summed E-state index contributed by atoms with van der Waals surface area (Å²) in [4.78, 5) is 13.3. The zero-order valence-electron chi connectivity index (χ0n) is 12.4. The second-order valence-corrected chi connectivity index (χ2v) is 6.05. The first-order valence-corrected chi connectivity index (χ1v) is 7.40. The van der Waals surface area contributed by atoms with E-state index in [1.165, 1.54) is 11.1 Å². The molecule has 0 radical (unpaired) electrons. The third-order valence-corrected chi connectivity index (χ3v) is 4.23. The van der Waals surface area contributed by atoms with Gasteiger partial charge >= 0.3 is 0 Å². The second kappa shape index (κ2) is 6.23. The second-order valence-electron chi connectivity index (χ2n) is 6.05. The molecule has 1 aliphatic rings. The van der Waals surface area contributed by atoms with E-state index in [0.29, 0.717) is 5.92 Å². The van der Waals surface area contributed by atoms with Crippen molar-refractivity contribution in [1.82, 2.24) is 4.90 Å². The number of carbonyl (C=O) groups excluding carboxylic acids is 1. The fourth-order valence-electron chi connectivity index (χ4n) is 2.82. The molecule has 0 aromatic heterocycles. The molecule has 0 bridgehead atoms. The molecule has 1 aromatic carbocycles. The Labute approximate surface area is 116 Å². The number of likely N-dealkylation sites (tertiary alicyclic amines) is 1. The standard InChI is InChI=1S/C17H25NO/c1-13(2)17-6-4-15(5-7-17)12-16-8-10-18(11-9-16)14(3)19/h4-7,13,16H,8-12H2,1-3H3. The van der Waals surface area contributed by atoms with E-state index in [0.717, 1.165) is 38.3 Å². The van der Waals surface area contributed by atoms with Crippen LogP contribution in [0.25, 0.3) is 0 Å². The van der Waals surface area contributed by atoms with E-state index in [1.807, 2.05) is 4.90 Å². The number of carbonyl (C=O) groups is 1. The van der Waals surface area contributed by atoms with Crippen LogP contribution in [0.2, 0.25) is 0 Å². The monoisotopic (exact) mass is 259 g/mol. The third-order valence-electron chi connectivity index (χ3n) is 4.23. The number of nitrogens with zero attached hydrogens (tertiary/aromatic N) is 1. The van der Waals surface area contributed by atoms with Crippen LogP contribution in [0.15, 0.2) is 24.3 Å². The van der Waals surface area contributed by atoms with E-state index >= 15 is 0 Å². The van der Waals surface area contributed by atoms with Crippen LogP contribution in [0.1, 0.15) is 50.7 Å². The molecule has 0 spiro atoms. The van der Waals surface area contributed by atoms with Crippen molar-refractivity contribution in [3.63, 3.8) is 0 Å². The Kier molecular flexibility index (Phi) is 4.62. The Bertz CT molecular complexity index is 413. The van der Waals surface area contributed by atoms with Gasteiger partial charge in [-0.1, -0.05) is 38.1 Å². The molecule has 104 valence electrons. The lowest BCUT2D eigenvalue weighted by molar-refractivity contribution is -0.130. The molecule has 0 N–H and O–H groups in total. The highest BCUT2D eigenvalue weighted by Gasteiger charge is 2.20. The van der Waals surface area contributed by atoms with Crippen molar-refractivity contribution in [2.24, 2.45) is 5.92 Å². The van der Waals surface area contributed by atoms with Crippen molar-refractivity contribution >= 4 is 5.91 Å². The van der Waals surface area contributed by atoms with Crippen molar-refractivity contribution in [2.45, 2.75) is 46.0 Å². The van der Waals surface area contributed by atoms with Gasteiger partial charge in [0.15, 0.2) is 0 Å². The maximum absolute atomic E-state index is 11.3. The summed E-state index contributed by atoms with van der Waals surface area (Å²) < 4.78 is 0. The van der Waals surface area contributed by atoms with Crippen LogP contribution in [-0.2, 0) is 11.2 Å². The summed E-state index contributed by atoms with van der Waals surface area (Å²) in [5.74, 6) is 1.56. The van der Waals surface area contributed by atoms with Gasteiger partial charge in [-0.15, -0.1) is 0 Å². The summed E-state index contributed by atoms with van der Waals surface area (Å²) in [6.45, 7) is 8.00. The fraction of sp³-hybridized carbons (Fsp3) is 0.588. The van der Waals surface area contributed by atoms with Crippen LogP contribution in [0.5, 0.6) is 0 Å². The van der Waals surface area contributed by atoms with E-state index in [4.69, 9.17) is 0 Å². The molecule has 1 aromatic rings. The van der Waals surface area contributed by atoms with E-state index in [9.17, 15) is 4.79 Å². The van der Waals surface area contributed by atoms with E-state index in [1.54, 1.807) is 6.92 Å². The van der Waals surface area contributed by atoms with Crippen LogP contribution < -0.4 is 0 Å². The van der Waals surface area contributed by atoms with Gasteiger partial charge in [-0.3, -0.25) is 4.79 Å². The van der Waals surface area contributed by atoms with Gasteiger partial charge in [0.25, 0.3) is 0 Å². The van der Waals surface area contributed by atoms with Crippen molar-refractivity contribution in [3.05, 3.63) is 35.4 Å². The minimum absolute atomic E-state index is 0.222. The largest absolute Gasteiger partial charge is 0.343 e. The number of amides is 1. The molecule has 19 heavy (non-hydrogen) atoms. The summed E-state index contributed by atoms with van der Waals surface area (Å²) in [5.41, 5.74) is 2.85. The maximum atomic E-state index is 11.3. The summed E-state index contributed by atoms with van der Waals surface area (Å²) in [5, 5.41) is 0. The molecule has 2 heteroatoms. The van der Waals surface area contributed by atoms with Crippen LogP contribution in [0.4, 0.5) is 0 Å². The van der Waals surface area contributed by atoms with Gasteiger partial charge in [-0.25, -0.2) is 0 Å². The van der Waals surface area contributed by atoms with Gasteiger partial charge in [-0.05, 0) is 42.2 Å². The van der Waals surface area contributed by atoms with Crippen LogP contribution in [0.3, 0.4) is 0 Å². The maximum Gasteiger partial charge on any atom is 0.219 e. The first kappa shape index (κ1) is 14.1. The molecule has 1 amide bonds. The Morgan fingerprint density at radius 2 is 1.79 bits per heavy atom. The van der Waals surface area contributed by atoms with Crippen LogP contribution in [0, 0.1) is 5.92 Å². The van der Waals surface area contributed by atoms with Crippen molar-refractivity contribution in [2.75, 3.05) is 13.1 Å². The molecule has 1 aliphatic heterocycles. The quantitative estimate of drug-likeness (QED) is 0.812. The number of rotatable bonds is 3. The van der Waals surface area contributed by atoms with E-state index in [2.05, 4.69) is 38.1 Å². The normalized spacial score (nSPS) is 16.9. The molecule has 1 saturated heterocycles. The predicted octanol–water partition coefficient (Wildman–Crippen LogP) is 3.61. The van der Waals surface area contributed by atoms with Gasteiger partial charge in [0.05, 0.1) is 0 Å². The Hall–Kier alpha value is -1.31. The Morgan fingerprint density at radius 3 is 2.26 bits per heavy atom. The highest BCUT2D eigenvalue weighted by Crippen LogP contribution is 2.23. The first-order valence-electron chi connectivity index (χ1n) is 7.40. The average Bonchev–Trinajstić information content (AvgIpc) is 2.40. The molecule has 2 rings (SSSR count). The lowest BCUT2D eigenvalue weighted by Gasteiger charge is -2.31. The minimum Gasteiger partial charge on any atom is -0.343 e. The minimum atomic E-state index is 0.222. The Balaban J connectivity index is 1.87. The molecule has 0 saturated carbocycles. The topological polar surface area (TPSA) is 20.3 Å². The summed E-state index contributed by atoms with van der Waals surface area (Å²) in [6, 6.07) is 9.05. The number of benzene rings is 1. The van der Waals surface area contributed by atoms with E-state index < -0.39 is 0 Å². The van der Waals surface area contributed by atoms with Crippen molar-refractivity contribution < 1.29 is 4.79 Å². The Morgan fingerprint density at radius 1 is 1.21 bits per heavy atom. The average molecular weight is 259 g/mol. The SMILES string of the molecule is CC(=O)N1CCC(Cc2ccc(C(C)C)cc2)CC1. The molecule has 0 aliphatic carbocycles. The molecule has 0 atom stereocenters. The van der Waals surface area contributed by atoms with Gasteiger partial charge in [-0.2, -0.15) is 0 Å². The van der Waals surface area contributed by atoms with Gasteiger partial charge in [0.2, 0.25) is 5.91 Å². The molecule has 1 fully saturated rings. The third kappa shape index (κ3) is 3.82. The van der Waals surface area contributed by atoms with E-state index in [-0.39, 0.29) is 5.91 Å². The molecule has 0 unspecified atom stereocenters.